The van der Waals surface area contributed by atoms with Crippen LogP contribution in [0.1, 0.15) is 47.2 Å². The van der Waals surface area contributed by atoms with Crippen molar-refractivity contribution in [3.63, 3.8) is 0 Å². The van der Waals surface area contributed by atoms with Crippen molar-refractivity contribution in [3.05, 3.63) is 76.6 Å². The summed E-state index contributed by atoms with van der Waals surface area (Å²) in [7, 11) is 3.03. The number of aryl methyl sites for hydroxylation is 1. The summed E-state index contributed by atoms with van der Waals surface area (Å²) in [5, 5.41) is 18.7. The van der Waals surface area contributed by atoms with E-state index in [1.807, 2.05) is 43.3 Å². The Hall–Kier alpha value is -3.69. The van der Waals surface area contributed by atoms with Crippen LogP contribution in [0.2, 0.25) is 5.02 Å². The molecule has 1 fully saturated rings. The van der Waals surface area contributed by atoms with Crippen LogP contribution in [0.3, 0.4) is 0 Å². The zero-order valence-corrected chi connectivity index (χ0v) is 23.9. The number of amides is 2. The number of aromatic nitrogens is 2. The molecule has 2 atom stereocenters. The number of nitrogens with zero attached hydrogens (tertiary/aromatic N) is 3. The van der Waals surface area contributed by atoms with Gasteiger partial charge in [-0.25, -0.2) is 14.8 Å². The first-order valence-corrected chi connectivity index (χ1v) is 13.8. The van der Waals surface area contributed by atoms with E-state index < -0.39 is 11.7 Å². The van der Waals surface area contributed by atoms with Crippen LogP contribution in [-0.4, -0.2) is 65.8 Å². The van der Waals surface area contributed by atoms with Gasteiger partial charge in [0.15, 0.2) is 0 Å². The molecule has 0 spiro atoms. The van der Waals surface area contributed by atoms with Crippen molar-refractivity contribution in [1.29, 1.82) is 0 Å². The van der Waals surface area contributed by atoms with Crippen molar-refractivity contribution in [3.8, 4) is 11.1 Å². The van der Waals surface area contributed by atoms with Crippen LogP contribution in [0.4, 0.5) is 10.7 Å². The van der Waals surface area contributed by atoms with Crippen LogP contribution in [0.5, 0.6) is 0 Å². The van der Waals surface area contributed by atoms with Crippen LogP contribution < -0.4 is 10.6 Å². The molecule has 0 radical (unpaired) electrons. The second kappa shape index (κ2) is 13.1. The molecular weight excluding hydrogens is 530 g/mol. The zero-order valence-electron chi connectivity index (χ0n) is 23.1. The molecule has 1 aliphatic heterocycles. The Morgan fingerprint density at radius 2 is 1.95 bits per heavy atom. The summed E-state index contributed by atoms with van der Waals surface area (Å²) < 4.78 is 4.70. The first kappa shape index (κ1) is 29.3. The molecule has 212 valence electrons. The molecule has 40 heavy (non-hydrogen) atoms. The molecule has 2 heterocycles. The second-order valence-corrected chi connectivity index (χ2v) is 10.5. The lowest BCUT2D eigenvalue weighted by atomic mass is 9.72. The van der Waals surface area contributed by atoms with E-state index in [2.05, 4.69) is 26.7 Å². The van der Waals surface area contributed by atoms with Gasteiger partial charge in [-0.05, 0) is 49.8 Å². The standard InChI is InChI=1S/C30H36ClN5O4/c1-20-8-4-9-21(16-20)26-24(11-5-12-25(26)31)30(39,13-7-14-33-29(38)40-3)23-10-6-15-36(19-23)27(37)22-17-34-28(32-2)35-18-22/h4-5,8-9,11-12,16-18,23,39H,6-7,10,13-15,19H2,1-3H3,(H,33,38)(H,32,34,35)/t23-,30+/m1/s1. The Kier molecular flexibility index (Phi) is 9.60. The number of hydrogen-bond acceptors (Lipinski definition) is 7. The van der Waals surface area contributed by atoms with Crippen LogP contribution in [0.25, 0.3) is 11.1 Å². The lowest BCUT2D eigenvalue weighted by Crippen LogP contribution is -2.48. The third-order valence-electron chi connectivity index (χ3n) is 7.48. The third-order valence-corrected chi connectivity index (χ3v) is 7.80. The molecule has 10 heteroatoms. The maximum Gasteiger partial charge on any atom is 0.406 e. The van der Waals surface area contributed by atoms with E-state index in [9.17, 15) is 14.7 Å². The van der Waals surface area contributed by atoms with Crippen molar-refractivity contribution in [2.24, 2.45) is 5.92 Å². The number of halogens is 1. The van der Waals surface area contributed by atoms with Gasteiger partial charge in [-0.15, -0.1) is 0 Å². The fourth-order valence-electron chi connectivity index (χ4n) is 5.46. The number of alkyl carbamates (subject to hydrolysis) is 1. The Balaban J connectivity index is 1.69. The van der Waals surface area contributed by atoms with Crippen molar-refractivity contribution < 1.29 is 19.4 Å². The Bertz CT molecular complexity index is 1340. The molecule has 3 aromatic rings. The molecule has 0 unspecified atom stereocenters. The van der Waals surface area contributed by atoms with Gasteiger partial charge in [0.1, 0.15) is 0 Å². The topological polar surface area (TPSA) is 117 Å². The monoisotopic (exact) mass is 565 g/mol. The molecule has 0 saturated carbocycles. The number of piperidine rings is 1. The predicted octanol–water partition coefficient (Wildman–Crippen LogP) is 5.02. The van der Waals surface area contributed by atoms with E-state index in [1.165, 1.54) is 19.5 Å². The summed E-state index contributed by atoms with van der Waals surface area (Å²) >= 11 is 6.80. The number of carbonyl (C=O) groups is 2. The lowest BCUT2D eigenvalue weighted by molar-refractivity contribution is -0.0563. The van der Waals surface area contributed by atoms with Crippen LogP contribution in [-0.2, 0) is 10.3 Å². The number of nitrogens with one attached hydrogen (secondary N) is 2. The molecule has 0 bridgehead atoms. The highest BCUT2D eigenvalue weighted by atomic mass is 35.5. The zero-order chi connectivity index (χ0) is 28.7. The lowest BCUT2D eigenvalue weighted by Gasteiger charge is -2.43. The van der Waals surface area contributed by atoms with Crippen LogP contribution >= 0.6 is 11.6 Å². The number of hydrogen-bond donors (Lipinski definition) is 3. The summed E-state index contributed by atoms with van der Waals surface area (Å²) in [4.78, 5) is 35.2. The summed E-state index contributed by atoms with van der Waals surface area (Å²) in [6, 6.07) is 13.6. The maximum atomic E-state index is 13.4. The molecule has 0 aliphatic carbocycles. The normalized spacial score (nSPS) is 16.6. The van der Waals surface area contributed by atoms with Crippen molar-refractivity contribution in [2.45, 2.75) is 38.2 Å². The van der Waals surface area contributed by atoms with Gasteiger partial charge in [0.05, 0.1) is 18.3 Å². The van der Waals surface area contributed by atoms with Crippen molar-refractivity contribution in [2.75, 3.05) is 39.1 Å². The fourth-order valence-corrected chi connectivity index (χ4v) is 5.74. The summed E-state index contributed by atoms with van der Waals surface area (Å²) in [6.45, 7) is 3.28. The Morgan fingerprint density at radius 3 is 2.65 bits per heavy atom. The minimum atomic E-state index is -1.33. The Morgan fingerprint density at radius 1 is 1.20 bits per heavy atom. The van der Waals surface area contributed by atoms with E-state index in [0.717, 1.165) is 29.5 Å². The van der Waals surface area contributed by atoms with Gasteiger partial charge in [0.25, 0.3) is 5.91 Å². The van der Waals surface area contributed by atoms with E-state index in [0.29, 0.717) is 54.6 Å². The predicted molar refractivity (Wildman–Crippen MR) is 155 cm³/mol. The van der Waals surface area contributed by atoms with Gasteiger partial charge in [-0.1, -0.05) is 53.6 Å². The minimum Gasteiger partial charge on any atom is -0.453 e. The largest absolute Gasteiger partial charge is 0.453 e. The molecule has 2 aromatic carbocycles. The Labute approximate surface area is 239 Å². The molecule has 4 rings (SSSR count). The summed E-state index contributed by atoms with van der Waals surface area (Å²) in [5.74, 6) is -0.0115. The van der Waals surface area contributed by atoms with Gasteiger partial charge >= 0.3 is 6.09 Å². The molecule has 9 nitrogen and oxygen atoms in total. The number of carbonyl (C=O) groups excluding carboxylic acids is 2. The number of anilines is 1. The molecule has 1 aromatic heterocycles. The molecular formula is C30H36ClN5O4. The fraction of sp³-hybridized carbons (Fsp3) is 0.400. The van der Waals surface area contributed by atoms with Gasteiger partial charge in [0, 0.05) is 55.6 Å². The van der Waals surface area contributed by atoms with Crippen molar-refractivity contribution in [1.82, 2.24) is 20.2 Å². The van der Waals surface area contributed by atoms with Gasteiger partial charge < -0.3 is 25.4 Å². The molecule has 1 aliphatic rings. The number of methoxy groups -OCH3 is 1. The average Bonchev–Trinajstić information content (AvgIpc) is 2.98. The SMILES string of the molecule is CNc1ncc(C(=O)N2CCC[C@@H]([C@@](O)(CCCNC(=O)OC)c3cccc(Cl)c3-c3cccc(C)c3)C2)cn1. The van der Waals surface area contributed by atoms with Crippen LogP contribution in [0.15, 0.2) is 54.9 Å². The number of rotatable bonds is 9. The van der Waals surface area contributed by atoms with E-state index in [1.54, 1.807) is 11.9 Å². The number of likely N-dealkylation sites (tertiary alicyclic amines) is 1. The van der Waals surface area contributed by atoms with Gasteiger partial charge in [-0.2, -0.15) is 0 Å². The van der Waals surface area contributed by atoms with E-state index >= 15 is 0 Å². The number of ether oxygens (including phenoxy) is 1. The summed E-state index contributed by atoms with van der Waals surface area (Å²) in [6.07, 6.45) is 4.81. The first-order chi connectivity index (χ1) is 19.3. The highest BCUT2D eigenvalue weighted by Gasteiger charge is 2.43. The van der Waals surface area contributed by atoms with Gasteiger partial charge in [-0.3, -0.25) is 4.79 Å². The molecule has 1 saturated heterocycles. The molecule has 3 N–H and O–H groups in total. The highest BCUT2D eigenvalue weighted by Crippen LogP contribution is 2.45. The number of benzene rings is 2. The first-order valence-electron chi connectivity index (χ1n) is 13.5. The number of aliphatic hydroxyl groups is 1. The van der Waals surface area contributed by atoms with Gasteiger partial charge in [0.2, 0.25) is 5.95 Å². The summed E-state index contributed by atoms with van der Waals surface area (Å²) in [5.41, 5.74) is 2.55. The third kappa shape index (κ3) is 6.54. The van der Waals surface area contributed by atoms with E-state index in [4.69, 9.17) is 16.3 Å². The van der Waals surface area contributed by atoms with Crippen molar-refractivity contribution >= 4 is 29.5 Å². The maximum absolute atomic E-state index is 13.4. The van der Waals surface area contributed by atoms with E-state index in [-0.39, 0.29) is 11.8 Å². The quantitative estimate of drug-likeness (QED) is 0.312. The highest BCUT2D eigenvalue weighted by molar-refractivity contribution is 6.33. The average molecular weight is 566 g/mol. The second-order valence-electron chi connectivity index (χ2n) is 10.1. The smallest absolute Gasteiger partial charge is 0.406 e. The molecule has 2 amide bonds. The minimum absolute atomic E-state index is 0.174. The van der Waals surface area contributed by atoms with Crippen LogP contribution in [0, 0.1) is 12.8 Å².